The van der Waals surface area contributed by atoms with E-state index < -0.39 is 152 Å². The Morgan fingerprint density at radius 3 is 1.46 bits per heavy atom. The molecule has 1 aliphatic rings. The molecule has 354 valence electrons. The molecule has 0 aliphatic heterocycles. The summed E-state index contributed by atoms with van der Waals surface area (Å²) in [6.45, 7) is 1.01. The smallest absolute Gasteiger partial charge is 0.326 e. The van der Waals surface area contributed by atoms with E-state index in [-0.39, 0.29) is 0 Å². The molecule has 2 aromatic carbocycles. The van der Waals surface area contributed by atoms with Gasteiger partial charge in [-0.25, -0.2) is 13.6 Å². The fraction of sp³-hybridized carbons (Fsp3) is 0.488. The summed E-state index contributed by atoms with van der Waals surface area (Å²) in [6.07, 6.45) is -5.20. The van der Waals surface area contributed by atoms with Gasteiger partial charge in [0.1, 0.15) is 36.3 Å². The number of carboxylic acids is 4. The molecule has 0 unspecified atom stereocenters. The molecule has 0 aromatic heterocycles. The Hall–Kier alpha value is -7.00. The molecule has 0 saturated heterocycles. The average molecular weight is 917 g/mol. The van der Waals surface area contributed by atoms with Crippen molar-refractivity contribution >= 4 is 59.3 Å². The maximum atomic E-state index is 14.8. The predicted molar refractivity (Wildman–Crippen MR) is 223 cm³/mol. The topological polar surface area (TPSA) is 324 Å². The van der Waals surface area contributed by atoms with Crippen molar-refractivity contribution in [2.45, 2.75) is 126 Å². The standard InChI is InChI=1S/C43H54F2N6O14/c1-23(52)46-29(22-34(57)58)40(61)47-27(17-19-32(53)54)39(60)51-37(35(24-11-5-2-6-12-24)25-13-7-3-8-14-25)42(63)48-28(18-20-33(55)56)38(59)50-36(26-15-9-4-10-16-26)41(62)49-30(43(64)65)21-31(44)45/h2-3,5-8,11-14,26-31,35-37H,4,9-10,15-22H2,1H3,(H,46,52)(H,47,61)(H,48,63)(H,49,62)(H,50,59)(H,51,60)(H,53,54)(H,55,56)(H,57,58)(H,64,65)/t27-,28-,29-,30-,36-,37-/m0/s1. The van der Waals surface area contributed by atoms with Gasteiger partial charge in [0.05, 0.1) is 6.42 Å². The lowest BCUT2D eigenvalue weighted by molar-refractivity contribution is -0.144. The number of alkyl halides is 2. The highest BCUT2D eigenvalue weighted by Crippen LogP contribution is 2.30. The summed E-state index contributed by atoms with van der Waals surface area (Å²) in [5.74, 6) is -14.3. The minimum atomic E-state index is -3.11. The number of amides is 6. The van der Waals surface area contributed by atoms with Crippen LogP contribution in [0.3, 0.4) is 0 Å². The van der Waals surface area contributed by atoms with Gasteiger partial charge in [0.2, 0.25) is 41.9 Å². The van der Waals surface area contributed by atoms with Crippen molar-refractivity contribution in [3.8, 4) is 0 Å². The molecule has 6 amide bonds. The summed E-state index contributed by atoms with van der Waals surface area (Å²) >= 11 is 0. The van der Waals surface area contributed by atoms with Gasteiger partial charge in [-0.1, -0.05) is 79.9 Å². The molecule has 10 N–H and O–H groups in total. The lowest BCUT2D eigenvalue weighted by Gasteiger charge is -2.33. The monoisotopic (exact) mass is 916 g/mol. The number of carboxylic acid groups (broad SMARTS) is 4. The number of hydrogen-bond acceptors (Lipinski definition) is 10. The molecule has 0 spiro atoms. The first-order valence-corrected chi connectivity index (χ1v) is 20.8. The highest BCUT2D eigenvalue weighted by atomic mass is 19.3. The van der Waals surface area contributed by atoms with Crippen LogP contribution in [-0.4, -0.2) is 122 Å². The summed E-state index contributed by atoms with van der Waals surface area (Å²) in [4.78, 5) is 129. The predicted octanol–water partition coefficient (Wildman–Crippen LogP) is 1.27. The van der Waals surface area contributed by atoms with Crippen molar-refractivity contribution in [3.05, 3.63) is 71.8 Å². The SMILES string of the molecule is CC(=O)N[C@@H](CC(=O)O)C(=O)N[C@@H](CCC(=O)O)C(=O)N[C@H](C(=O)N[C@@H](CCC(=O)O)C(=O)N[C@H](C(=O)N[C@@H](CC(F)F)C(=O)O)C1CCCCC1)C(c1ccccc1)c1ccccc1. The van der Waals surface area contributed by atoms with Crippen molar-refractivity contribution < 1.29 is 77.2 Å². The van der Waals surface area contributed by atoms with E-state index in [1.165, 1.54) is 0 Å². The zero-order chi connectivity index (χ0) is 48.2. The quantitative estimate of drug-likeness (QED) is 0.0636. The Balaban J connectivity index is 2.11. The Bertz CT molecular complexity index is 1950. The molecule has 65 heavy (non-hydrogen) atoms. The molecular weight excluding hydrogens is 862 g/mol. The molecule has 2 aromatic rings. The molecule has 0 bridgehead atoms. The van der Waals surface area contributed by atoms with E-state index in [0.29, 0.717) is 36.8 Å². The third-order valence-electron chi connectivity index (χ3n) is 10.6. The van der Waals surface area contributed by atoms with Gasteiger partial charge in [0, 0.05) is 32.1 Å². The molecule has 1 fully saturated rings. The van der Waals surface area contributed by atoms with E-state index in [1.807, 2.05) is 0 Å². The maximum Gasteiger partial charge on any atom is 0.326 e. The summed E-state index contributed by atoms with van der Waals surface area (Å²) in [5.41, 5.74) is 0.824. The van der Waals surface area contributed by atoms with Crippen molar-refractivity contribution in [1.82, 2.24) is 31.9 Å². The van der Waals surface area contributed by atoms with Crippen molar-refractivity contribution in [2.75, 3.05) is 0 Å². The van der Waals surface area contributed by atoms with Gasteiger partial charge in [-0.05, 0) is 42.7 Å². The van der Waals surface area contributed by atoms with E-state index in [2.05, 4.69) is 31.9 Å². The minimum absolute atomic E-state index is 0.364. The van der Waals surface area contributed by atoms with Crippen LogP contribution in [0, 0.1) is 5.92 Å². The van der Waals surface area contributed by atoms with Gasteiger partial charge < -0.3 is 52.3 Å². The summed E-state index contributed by atoms with van der Waals surface area (Å²) in [7, 11) is 0. The molecule has 0 heterocycles. The number of benzene rings is 2. The van der Waals surface area contributed by atoms with Crippen LogP contribution in [0.5, 0.6) is 0 Å². The zero-order valence-corrected chi connectivity index (χ0v) is 35.4. The van der Waals surface area contributed by atoms with Crippen LogP contribution >= 0.6 is 0 Å². The molecule has 20 nitrogen and oxygen atoms in total. The van der Waals surface area contributed by atoms with E-state index in [4.69, 9.17) is 0 Å². The normalized spacial score (nSPS) is 15.5. The highest BCUT2D eigenvalue weighted by molar-refractivity contribution is 5.98. The van der Waals surface area contributed by atoms with Crippen LogP contribution in [0.4, 0.5) is 8.78 Å². The van der Waals surface area contributed by atoms with Gasteiger partial charge in [0.15, 0.2) is 0 Å². The lowest BCUT2D eigenvalue weighted by Crippen LogP contribution is -2.61. The minimum Gasteiger partial charge on any atom is -0.481 e. The third-order valence-corrected chi connectivity index (χ3v) is 10.6. The first-order chi connectivity index (χ1) is 30.8. The number of halogens is 2. The first-order valence-electron chi connectivity index (χ1n) is 20.8. The molecule has 0 radical (unpaired) electrons. The second-order valence-electron chi connectivity index (χ2n) is 15.5. The van der Waals surface area contributed by atoms with Crippen LogP contribution in [-0.2, 0) is 47.9 Å². The Morgan fingerprint density at radius 1 is 0.554 bits per heavy atom. The van der Waals surface area contributed by atoms with Gasteiger partial charge in [-0.2, -0.15) is 0 Å². The van der Waals surface area contributed by atoms with Gasteiger partial charge >= 0.3 is 23.9 Å². The van der Waals surface area contributed by atoms with E-state index in [9.17, 15) is 77.2 Å². The number of hydrogen-bond donors (Lipinski definition) is 10. The zero-order valence-electron chi connectivity index (χ0n) is 35.4. The van der Waals surface area contributed by atoms with Crippen molar-refractivity contribution in [3.63, 3.8) is 0 Å². The fourth-order valence-corrected chi connectivity index (χ4v) is 7.47. The molecule has 3 rings (SSSR count). The second kappa shape index (κ2) is 25.9. The Labute approximate surface area is 371 Å². The van der Waals surface area contributed by atoms with E-state index in [1.54, 1.807) is 60.7 Å². The summed E-state index contributed by atoms with van der Waals surface area (Å²) < 4.78 is 26.5. The number of aliphatic carboxylic acids is 4. The second-order valence-corrected chi connectivity index (χ2v) is 15.5. The summed E-state index contributed by atoms with van der Waals surface area (Å²) in [5, 5.41) is 52.0. The molecule has 1 aliphatic carbocycles. The van der Waals surface area contributed by atoms with Crippen molar-refractivity contribution in [1.29, 1.82) is 0 Å². The van der Waals surface area contributed by atoms with Gasteiger partial charge in [-0.15, -0.1) is 0 Å². The summed E-state index contributed by atoms with van der Waals surface area (Å²) in [6, 6.07) is 5.71. The van der Waals surface area contributed by atoms with Crippen LogP contribution < -0.4 is 31.9 Å². The Morgan fingerprint density at radius 2 is 1.02 bits per heavy atom. The van der Waals surface area contributed by atoms with Crippen LogP contribution in [0.1, 0.15) is 94.6 Å². The van der Waals surface area contributed by atoms with Crippen molar-refractivity contribution in [2.24, 2.45) is 5.92 Å². The number of nitrogens with one attached hydrogen (secondary N) is 6. The molecule has 1 saturated carbocycles. The van der Waals surface area contributed by atoms with Gasteiger partial charge in [-0.3, -0.25) is 43.2 Å². The van der Waals surface area contributed by atoms with Crippen LogP contribution in [0.15, 0.2) is 60.7 Å². The van der Waals surface area contributed by atoms with E-state index >= 15 is 0 Å². The largest absolute Gasteiger partial charge is 0.481 e. The fourth-order valence-electron chi connectivity index (χ4n) is 7.47. The number of carbonyl (C=O) groups is 10. The molecule has 22 heteroatoms. The van der Waals surface area contributed by atoms with Gasteiger partial charge in [0.25, 0.3) is 0 Å². The van der Waals surface area contributed by atoms with Crippen LogP contribution in [0.2, 0.25) is 0 Å². The lowest BCUT2D eigenvalue weighted by atomic mass is 9.83. The average Bonchev–Trinajstić information content (AvgIpc) is 3.25. The highest BCUT2D eigenvalue weighted by Gasteiger charge is 2.40. The van der Waals surface area contributed by atoms with Crippen LogP contribution in [0.25, 0.3) is 0 Å². The Kier molecular flexibility index (Phi) is 20.9. The first kappa shape index (κ1) is 52.3. The van der Waals surface area contributed by atoms with E-state index in [0.717, 1.165) is 13.3 Å². The molecule has 6 atom stereocenters. The number of carbonyl (C=O) groups excluding carboxylic acids is 6. The number of rotatable bonds is 26. The molecular formula is C43H54F2N6O14. The maximum absolute atomic E-state index is 14.8. The third kappa shape index (κ3) is 17.6.